The number of pyridine rings is 1. The van der Waals surface area contributed by atoms with Crippen molar-refractivity contribution in [3.8, 4) is 28.4 Å². The second kappa shape index (κ2) is 8.77. The number of aromatic nitrogens is 1. The van der Waals surface area contributed by atoms with Gasteiger partial charge in [-0.15, -0.1) is 0 Å². The summed E-state index contributed by atoms with van der Waals surface area (Å²) in [5, 5.41) is 1.06. The zero-order chi connectivity index (χ0) is 21.8. The Kier molecular flexibility index (Phi) is 6.15. The molecule has 158 valence electrons. The molecule has 0 aliphatic heterocycles. The molecule has 1 aromatic heterocycles. The van der Waals surface area contributed by atoms with E-state index >= 15 is 0 Å². The van der Waals surface area contributed by atoms with E-state index in [9.17, 15) is 9.59 Å². The summed E-state index contributed by atoms with van der Waals surface area (Å²) in [4.78, 5) is 25.9. The van der Waals surface area contributed by atoms with Crippen LogP contribution >= 0.6 is 0 Å². The molecule has 3 rings (SSSR count). The number of rotatable bonds is 7. The molecule has 0 saturated carbocycles. The van der Waals surface area contributed by atoms with Crippen LogP contribution in [-0.2, 0) is 4.74 Å². The lowest BCUT2D eigenvalue weighted by atomic mass is 9.96. The minimum absolute atomic E-state index is 0.0809. The van der Waals surface area contributed by atoms with Crippen molar-refractivity contribution >= 4 is 16.7 Å². The van der Waals surface area contributed by atoms with Crippen LogP contribution in [0.3, 0.4) is 0 Å². The van der Waals surface area contributed by atoms with Gasteiger partial charge in [0.05, 0.1) is 28.4 Å². The molecule has 3 aromatic rings. The number of nitrogens with one attached hydrogen (secondary N) is 1. The van der Waals surface area contributed by atoms with Crippen molar-refractivity contribution in [2.24, 2.45) is 0 Å². The minimum Gasteiger partial charge on any atom is -0.493 e. The van der Waals surface area contributed by atoms with E-state index in [1.807, 2.05) is 13.0 Å². The van der Waals surface area contributed by atoms with E-state index in [0.717, 1.165) is 0 Å². The summed E-state index contributed by atoms with van der Waals surface area (Å²) < 4.78 is 22.6. The zero-order valence-electron chi connectivity index (χ0n) is 17.6. The summed E-state index contributed by atoms with van der Waals surface area (Å²) in [6, 6.07) is 10.6. The molecule has 0 aliphatic rings. The molecule has 8 nitrogen and oxygen atoms in total. The van der Waals surface area contributed by atoms with Crippen LogP contribution in [0.2, 0.25) is 0 Å². The zero-order valence-corrected chi connectivity index (χ0v) is 17.6. The first-order chi connectivity index (χ1) is 14.5. The van der Waals surface area contributed by atoms with Crippen molar-refractivity contribution in [2.45, 2.75) is 6.92 Å². The fourth-order valence-electron chi connectivity index (χ4n) is 3.47. The van der Waals surface area contributed by atoms with Crippen LogP contribution in [-0.4, -0.2) is 45.6 Å². The summed E-state index contributed by atoms with van der Waals surface area (Å²) in [7, 11) is 5.82. The highest BCUT2D eigenvalue weighted by Crippen LogP contribution is 2.43. The fourth-order valence-corrected chi connectivity index (χ4v) is 3.47. The maximum Gasteiger partial charge on any atom is 0.357 e. The number of hydrogen-bond donors (Lipinski definition) is 1. The van der Waals surface area contributed by atoms with Crippen LogP contribution in [0, 0.1) is 0 Å². The third kappa shape index (κ3) is 3.41. The van der Waals surface area contributed by atoms with Crippen molar-refractivity contribution in [1.82, 2.24) is 4.68 Å². The van der Waals surface area contributed by atoms with Gasteiger partial charge in [0.2, 0.25) is 5.75 Å². The molecular formula is C22H24N2O6. The first kappa shape index (κ1) is 21.0. The molecule has 8 heteroatoms. The van der Waals surface area contributed by atoms with Crippen LogP contribution in [0.15, 0.2) is 41.2 Å². The highest BCUT2D eigenvalue weighted by Gasteiger charge is 2.26. The Morgan fingerprint density at radius 1 is 0.967 bits per heavy atom. The van der Waals surface area contributed by atoms with E-state index in [2.05, 4.69) is 5.43 Å². The lowest BCUT2D eigenvalue weighted by Gasteiger charge is -2.20. The van der Waals surface area contributed by atoms with Gasteiger partial charge in [-0.1, -0.05) is 18.2 Å². The summed E-state index contributed by atoms with van der Waals surface area (Å²) in [6.07, 6.45) is 0. The molecule has 2 aromatic carbocycles. The van der Waals surface area contributed by atoms with Gasteiger partial charge in [0.15, 0.2) is 17.2 Å². The average molecular weight is 412 g/mol. The number of methoxy groups -OCH3 is 4. The largest absolute Gasteiger partial charge is 0.493 e. The van der Waals surface area contributed by atoms with E-state index in [-0.39, 0.29) is 11.3 Å². The number of fused-ring (bicyclic) bond motifs is 1. The van der Waals surface area contributed by atoms with E-state index in [4.69, 9.17) is 18.9 Å². The number of ether oxygens (including phenoxy) is 4. The normalized spacial score (nSPS) is 10.6. The van der Waals surface area contributed by atoms with Crippen molar-refractivity contribution in [2.75, 3.05) is 40.4 Å². The Balaban J connectivity index is 2.53. The Hall–Kier alpha value is -3.68. The molecule has 1 heterocycles. The predicted octanol–water partition coefficient (Wildman–Crippen LogP) is 3.04. The monoisotopic (exact) mass is 412 g/mol. The number of nitrogens with zero attached hydrogens (tertiary/aromatic N) is 1. The molecule has 0 radical (unpaired) electrons. The summed E-state index contributed by atoms with van der Waals surface area (Å²) in [6.45, 7) is 2.26. The van der Waals surface area contributed by atoms with Gasteiger partial charge in [0.1, 0.15) is 0 Å². The fraction of sp³-hybridized carbons (Fsp3) is 0.273. The smallest absolute Gasteiger partial charge is 0.357 e. The van der Waals surface area contributed by atoms with Crippen LogP contribution in [0.5, 0.6) is 17.2 Å². The summed E-state index contributed by atoms with van der Waals surface area (Å²) in [5.41, 5.74) is 3.81. The lowest BCUT2D eigenvalue weighted by molar-refractivity contribution is 0.0590. The van der Waals surface area contributed by atoms with Crippen molar-refractivity contribution in [3.05, 3.63) is 52.4 Å². The molecular weight excluding hydrogens is 388 g/mol. The Morgan fingerprint density at radius 2 is 1.57 bits per heavy atom. The maximum atomic E-state index is 13.1. The van der Waals surface area contributed by atoms with Gasteiger partial charge in [-0.3, -0.25) is 4.79 Å². The Bertz CT molecular complexity index is 1130. The predicted molar refractivity (Wildman–Crippen MR) is 115 cm³/mol. The van der Waals surface area contributed by atoms with Crippen LogP contribution in [0.1, 0.15) is 17.4 Å². The SMILES string of the molecule is CCNn1c(C(=O)OC)c(-c2cc(OC)c(OC)c(OC)c2)c2ccccc2c1=O. The number of esters is 1. The molecule has 0 atom stereocenters. The van der Waals surface area contributed by atoms with Gasteiger partial charge in [-0.05, 0) is 36.1 Å². The molecule has 0 fully saturated rings. The minimum atomic E-state index is -0.650. The second-order valence-corrected chi connectivity index (χ2v) is 6.33. The third-order valence-electron chi connectivity index (χ3n) is 4.74. The van der Waals surface area contributed by atoms with Gasteiger partial charge < -0.3 is 24.4 Å². The number of carbonyl (C=O) groups is 1. The molecule has 0 spiro atoms. The standard InChI is InChI=1S/C22H24N2O6/c1-6-23-24-19(22(26)30-5)18(14-9-7-8-10-15(14)21(24)25)13-11-16(27-2)20(29-4)17(12-13)28-3/h7-12,23H,6H2,1-5H3. The van der Waals surface area contributed by atoms with Crippen molar-refractivity contribution in [1.29, 1.82) is 0 Å². The van der Waals surface area contributed by atoms with E-state index in [1.54, 1.807) is 30.3 Å². The van der Waals surface area contributed by atoms with Gasteiger partial charge in [0.25, 0.3) is 5.56 Å². The topological polar surface area (TPSA) is 88.0 Å². The van der Waals surface area contributed by atoms with Gasteiger partial charge >= 0.3 is 5.97 Å². The maximum absolute atomic E-state index is 13.1. The first-order valence-electron chi connectivity index (χ1n) is 9.32. The second-order valence-electron chi connectivity index (χ2n) is 6.33. The van der Waals surface area contributed by atoms with E-state index in [1.165, 1.54) is 33.1 Å². The van der Waals surface area contributed by atoms with Crippen molar-refractivity contribution < 1.29 is 23.7 Å². The molecule has 0 aliphatic carbocycles. The Morgan fingerprint density at radius 3 is 2.07 bits per heavy atom. The summed E-state index contributed by atoms with van der Waals surface area (Å²) in [5.74, 6) is 0.621. The van der Waals surface area contributed by atoms with Gasteiger partial charge in [-0.25, -0.2) is 9.47 Å². The van der Waals surface area contributed by atoms with E-state index in [0.29, 0.717) is 45.7 Å². The lowest BCUT2D eigenvalue weighted by Crippen LogP contribution is -2.34. The number of carbonyl (C=O) groups excluding carboxylic acids is 1. The van der Waals surface area contributed by atoms with Crippen LogP contribution in [0.25, 0.3) is 21.9 Å². The molecule has 30 heavy (non-hydrogen) atoms. The molecule has 0 amide bonds. The van der Waals surface area contributed by atoms with Crippen molar-refractivity contribution in [3.63, 3.8) is 0 Å². The molecule has 0 unspecified atom stereocenters. The average Bonchev–Trinajstić information content (AvgIpc) is 2.79. The quantitative estimate of drug-likeness (QED) is 0.597. The highest BCUT2D eigenvalue weighted by molar-refractivity contribution is 6.07. The number of hydrogen-bond acceptors (Lipinski definition) is 7. The number of benzene rings is 2. The van der Waals surface area contributed by atoms with E-state index < -0.39 is 5.97 Å². The van der Waals surface area contributed by atoms with Crippen LogP contribution < -0.4 is 25.2 Å². The molecule has 0 saturated heterocycles. The Labute approximate surface area is 173 Å². The highest BCUT2D eigenvalue weighted by atomic mass is 16.5. The van der Waals surface area contributed by atoms with Crippen LogP contribution in [0.4, 0.5) is 0 Å². The van der Waals surface area contributed by atoms with Gasteiger partial charge in [-0.2, -0.15) is 0 Å². The first-order valence-corrected chi connectivity index (χ1v) is 9.32. The van der Waals surface area contributed by atoms with Gasteiger partial charge in [0, 0.05) is 17.5 Å². The molecule has 1 N–H and O–H groups in total. The summed E-state index contributed by atoms with van der Waals surface area (Å²) >= 11 is 0. The third-order valence-corrected chi connectivity index (χ3v) is 4.74. The molecule has 0 bridgehead atoms.